The van der Waals surface area contributed by atoms with Gasteiger partial charge in [0.2, 0.25) is 0 Å². The molecule has 1 unspecified atom stereocenters. The molecule has 0 bridgehead atoms. The number of Topliss-reactive ketones (excluding diaryl/α,β-unsaturated/α-hetero) is 1. The lowest BCUT2D eigenvalue weighted by Gasteiger charge is -2.19. The maximum atomic E-state index is 10.7. The largest absolute Gasteiger partial charge is 0.300 e. The molecule has 62 valence electrons. The Morgan fingerprint density at radius 3 is 2.55 bits per heavy atom. The van der Waals surface area contributed by atoms with Crippen molar-refractivity contribution in [2.75, 3.05) is 0 Å². The van der Waals surface area contributed by atoms with E-state index in [9.17, 15) is 4.79 Å². The number of hydrogen-bond acceptors (Lipinski definition) is 2. The van der Waals surface area contributed by atoms with Gasteiger partial charge in [0.25, 0.3) is 0 Å². The lowest BCUT2D eigenvalue weighted by atomic mass is 9.94. The van der Waals surface area contributed by atoms with Crippen molar-refractivity contribution in [3.63, 3.8) is 0 Å². The zero-order chi connectivity index (χ0) is 8.91. The molecule has 4 heteroatoms. The zero-order valence-electron chi connectivity index (χ0n) is 7.16. The summed E-state index contributed by atoms with van der Waals surface area (Å²) < 4.78 is 0. The zero-order valence-corrected chi connectivity index (χ0v) is 7.16. The smallest absolute Gasteiger partial charge is 0.130 e. The number of rotatable bonds is 4. The lowest BCUT2D eigenvalue weighted by Crippen LogP contribution is -2.22. The third-order valence-corrected chi connectivity index (χ3v) is 1.68. The van der Waals surface area contributed by atoms with Gasteiger partial charge in [-0.2, -0.15) is 0 Å². The van der Waals surface area contributed by atoms with E-state index < -0.39 is 5.54 Å². The first-order chi connectivity index (χ1) is 5.04. The standard InChI is InChI=1S/C7H13N3O/c1-4-7(3,9-10-8)5-6(2)11/h4-5H2,1-3H3. The number of nitrogens with zero attached hydrogens (tertiary/aromatic N) is 3. The Hall–Kier alpha value is -1.02. The molecule has 0 aromatic heterocycles. The summed E-state index contributed by atoms with van der Waals surface area (Å²) in [5, 5.41) is 3.57. The summed E-state index contributed by atoms with van der Waals surface area (Å²) in [5.41, 5.74) is 7.67. The Morgan fingerprint density at radius 2 is 2.27 bits per heavy atom. The van der Waals surface area contributed by atoms with E-state index in [1.807, 2.05) is 6.92 Å². The molecular formula is C7H13N3O. The molecule has 0 heterocycles. The summed E-state index contributed by atoms with van der Waals surface area (Å²) in [7, 11) is 0. The van der Waals surface area contributed by atoms with Crippen molar-refractivity contribution in [1.82, 2.24) is 0 Å². The van der Waals surface area contributed by atoms with Gasteiger partial charge in [0.1, 0.15) is 5.78 Å². The number of azide groups is 1. The molecule has 1 atom stereocenters. The highest BCUT2D eigenvalue weighted by Crippen LogP contribution is 2.19. The number of hydrogen-bond donors (Lipinski definition) is 0. The van der Waals surface area contributed by atoms with Gasteiger partial charge in [-0.05, 0) is 18.9 Å². The van der Waals surface area contributed by atoms with E-state index >= 15 is 0 Å². The van der Waals surface area contributed by atoms with Crippen molar-refractivity contribution in [2.45, 2.75) is 39.2 Å². The Kier molecular flexibility index (Phi) is 3.61. The van der Waals surface area contributed by atoms with Crippen molar-refractivity contribution in [2.24, 2.45) is 5.11 Å². The summed E-state index contributed by atoms with van der Waals surface area (Å²) in [5.74, 6) is 0.0572. The molecular weight excluding hydrogens is 142 g/mol. The van der Waals surface area contributed by atoms with Crippen LogP contribution in [0.2, 0.25) is 0 Å². The Bertz CT molecular complexity index is 196. The minimum atomic E-state index is -0.527. The predicted octanol–water partition coefficient (Wildman–Crippen LogP) is 2.44. The summed E-state index contributed by atoms with van der Waals surface area (Å²) in [6, 6.07) is 0. The maximum absolute atomic E-state index is 10.7. The van der Waals surface area contributed by atoms with Crippen LogP contribution in [0, 0.1) is 0 Å². The molecule has 0 aliphatic rings. The average Bonchev–Trinajstić information content (AvgIpc) is 1.87. The van der Waals surface area contributed by atoms with Gasteiger partial charge in [-0.1, -0.05) is 19.0 Å². The van der Waals surface area contributed by atoms with Crippen LogP contribution >= 0.6 is 0 Å². The summed E-state index contributed by atoms with van der Waals surface area (Å²) in [6.07, 6.45) is 1.02. The minimum absolute atomic E-state index is 0.0572. The molecule has 0 N–H and O–H groups in total. The van der Waals surface area contributed by atoms with Crippen LogP contribution in [-0.4, -0.2) is 11.3 Å². The van der Waals surface area contributed by atoms with Crippen molar-refractivity contribution < 1.29 is 4.79 Å². The van der Waals surface area contributed by atoms with Gasteiger partial charge >= 0.3 is 0 Å². The van der Waals surface area contributed by atoms with Crippen molar-refractivity contribution in [3.8, 4) is 0 Å². The number of ketones is 1. The van der Waals surface area contributed by atoms with Crippen LogP contribution in [0.5, 0.6) is 0 Å². The van der Waals surface area contributed by atoms with E-state index in [2.05, 4.69) is 10.0 Å². The topological polar surface area (TPSA) is 65.8 Å². The van der Waals surface area contributed by atoms with E-state index in [-0.39, 0.29) is 5.78 Å². The molecule has 0 rings (SSSR count). The van der Waals surface area contributed by atoms with Gasteiger partial charge < -0.3 is 4.79 Å². The number of carbonyl (C=O) groups excluding carboxylic acids is 1. The lowest BCUT2D eigenvalue weighted by molar-refractivity contribution is -0.118. The second-order valence-corrected chi connectivity index (χ2v) is 2.92. The molecule has 0 amide bonds. The Balaban J connectivity index is 4.33. The van der Waals surface area contributed by atoms with Crippen molar-refractivity contribution in [3.05, 3.63) is 10.4 Å². The van der Waals surface area contributed by atoms with Crippen molar-refractivity contribution >= 4 is 5.78 Å². The first kappa shape index (κ1) is 9.98. The normalized spacial score (nSPS) is 14.8. The van der Waals surface area contributed by atoms with Gasteiger partial charge in [0.15, 0.2) is 0 Å². The molecule has 4 nitrogen and oxygen atoms in total. The molecule has 0 radical (unpaired) electrons. The third kappa shape index (κ3) is 3.63. The second kappa shape index (κ2) is 3.98. The minimum Gasteiger partial charge on any atom is -0.300 e. The van der Waals surface area contributed by atoms with Gasteiger partial charge in [0.05, 0.1) is 5.54 Å². The van der Waals surface area contributed by atoms with Crippen LogP contribution in [0.25, 0.3) is 10.4 Å². The monoisotopic (exact) mass is 155 g/mol. The Morgan fingerprint density at radius 1 is 1.73 bits per heavy atom. The van der Waals surface area contributed by atoms with E-state index in [0.29, 0.717) is 12.8 Å². The van der Waals surface area contributed by atoms with Crippen LogP contribution in [0.3, 0.4) is 0 Å². The van der Waals surface area contributed by atoms with E-state index in [4.69, 9.17) is 5.53 Å². The van der Waals surface area contributed by atoms with Crippen LogP contribution in [0.15, 0.2) is 5.11 Å². The van der Waals surface area contributed by atoms with E-state index in [0.717, 1.165) is 0 Å². The SMILES string of the molecule is CCC(C)(CC(C)=O)N=[N+]=[N-]. The predicted molar refractivity (Wildman–Crippen MR) is 43.1 cm³/mol. The highest BCUT2D eigenvalue weighted by atomic mass is 16.1. The summed E-state index contributed by atoms with van der Waals surface area (Å²) >= 11 is 0. The average molecular weight is 155 g/mol. The highest BCUT2D eigenvalue weighted by molar-refractivity contribution is 5.76. The van der Waals surface area contributed by atoms with Crippen LogP contribution in [0.1, 0.15) is 33.6 Å². The van der Waals surface area contributed by atoms with Crippen molar-refractivity contribution in [1.29, 1.82) is 0 Å². The molecule has 0 aromatic rings. The van der Waals surface area contributed by atoms with Gasteiger partial charge in [-0.25, -0.2) is 0 Å². The van der Waals surface area contributed by atoms with E-state index in [1.165, 1.54) is 6.92 Å². The molecule has 0 aliphatic heterocycles. The van der Waals surface area contributed by atoms with Gasteiger partial charge in [0, 0.05) is 11.3 Å². The first-order valence-corrected chi connectivity index (χ1v) is 3.60. The van der Waals surface area contributed by atoms with Gasteiger partial charge in [-0.3, -0.25) is 0 Å². The van der Waals surface area contributed by atoms with Crippen LogP contribution in [-0.2, 0) is 4.79 Å². The quantitative estimate of drug-likeness (QED) is 0.349. The molecule has 0 saturated heterocycles. The van der Waals surface area contributed by atoms with Crippen LogP contribution < -0.4 is 0 Å². The fraction of sp³-hybridized carbons (Fsp3) is 0.857. The summed E-state index contributed by atoms with van der Waals surface area (Å²) in [6.45, 7) is 5.19. The Labute approximate surface area is 66.2 Å². The highest BCUT2D eigenvalue weighted by Gasteiger charge is 2.21. The van der Waals surface area contributed by atoms with Crippen LogP contribution in [0.4, 0.5) is 0 Å². The molecule has 0 aromatic carbocycles. The molecule has 11 heavy (non-hydrogen) atoms. The second-order valence-electron chi connectivity index (χ2n) is 2.92. The van der Waals surface area contributed by atoms with Gasteiger partial charge in [-0.15, -0.1) is 0 Å². The van der Waals surface area contributed by atoms with E-state index in [1.54, 1.807) is 6.92 Å². The maximum Gasteiger partial charge on any atom is 0.130 e. The summed E-state index contributed by atoms with van der Waals surface area (Å²) in [4.78, 5) is 13.4. The fourth-order valence-corrected chi connectivity index (χ4v) is 0.875. The molecule has 0 saturated carbocycles. The third-order valence-electron chi connectivity index (χ3n) is 1.68. The fourth-order valence-electron chi connectivity index (χ4n) is 0.875. The number of carbonyl (C=O) groups is 1. The first-order valence-electron chi connectivity index (χ1n) is 3.60. The molecule has 0 aliphatic carbocycles. The molecule has 0 fully saturated rings. The molecule has 0 spiro atoms.